The maximum absolute atomic E-state index is 12.8. The molecule has 3 nitrogen and oxygen atoms in total. The summed E-state index contributed by atoms with van der Waals surface area (Å²) in [6.45, 7) is 2.60. The Balaban J connectivity index is 1.90. The third-order valence-corrected chi connectivity index (χ3v) is 4.88. The van der Waals surface area contributed by atoms with Crippen LogP contribution in [0.3, 0.4) is 0 Å². The Kier molecular flexibility index (Phi) is 3.05. The van der Waals surface area contributed by atoms with Gasteiger partial charge in [0.1, 0.15) is 4.83 Å². The Bertz CT molecular complexity index is 1050. The van der Waals surface area contributed by atoms with E-state index >= 15 is 0 Å². The molecule has 0 radical (unpaired) electrons. The molecule has 0 bridgehead atoms. The smallest absolute Gasteiger partial charge is 0.263 e. The highest BCUT2D eigenvalue weighted by Gasteiger charge is 2.11. The summed E-state index contributed by atoms with van der Waals surface area (Å²) in [5.41, 5.74) is 2.34. The van der Waals surface area contributed by atoms with Gasteiger partial charge in [-0.15, -0.1) is 11.3 Å². The van der Waals surface area contributed by atoms with E-state index in [2.05, 4.69) is 24.0 Å². The van der Waals surface area contributed by atoms with Gasteiger partial charge in [0.15, 0.2) is 0 Å². The van der Waals surface area contributed by atoms with E-state index in [4.69, 9.17) is 0 Å². The summed E-state index contributed by atoms with van der Waals surface area (Å²) < 4.78 is 2.80. The molecule has 0 fully saturated rings. The molecule has 0 amide bonds. The van der Waals surface area contributed by atoms with Crippen LogP contribution in [0.15, 0.2) is 59.7 Å². The highest BCUT2D eigenvalue weighted by molar-refractivity contribution is 7.25. The first-order valence-electron chi connectivity index (χ1n) is 7.14. The fourth-order valence-corrected chi connectivity index (χ4v) is 3.80. The average molecular weight is 306 g/mol. The van der Waals surface area contributed by atoms with Crippen molar-refractivity contribution >= 4 is 31.6 Å². The van der Waals surface area contributed by atoms with E-state index in [1.54, 1.807) is 22.2 Å². The van der Waals surface area contributed by atoms with Crippen molar-refractivity contribution in [3.05, 3.63) is 76.3 Å². The van der Waals surface area contributed by atoms with Crippen LogP contribution in [-0.4, -0.2) is 9.55 Å². The molecule has 4 aromatic rings. The van der Waals surface area contributed by atoms with Gasteiger partial charge >= 0.3 is 0 Å². The topological polar surface area (TPSA) is 34.9 Å². The maximum atomic E-state index is 12.8. The molecule has 0 unspecified atom stereocenters. The van der Waals surface area contributed by atoms with E-state index in [1.165, 1.54) is 5.56 Å². The first-order valence-corrected chi connectivity index (χ1v) is 7.96. The Morgan fingerprint density at radius 1 is 1.14 bits per heavy atom. The fraction of sp³-hybridized carbons (Fsp3) is 0.111. The standard InChI is InChI=1S/C18H14N2OS/c1-12-5-4-6-13(9-12)10-20-11-19-17-16(18(20)21)14-7-2-3-8-15(14)22-17/h2-9,11H,10H2,1H3. The SMILES string of the molecule is Cc1cccc(Cn2cnc3sc4ccccc4c3c2=O)c1. The third-order valence-electron chi connectivity index (χ3n) is 3.80. The molecule has 2 aromatic heterocycles. The first kappa shape index (κ1) is 13.2. The summed E-state index contributed by atoms with van der Waals surface area (Å²) in [6.07, 6.45) is 1.66. The van der Waals surface area contributed by atoms with Crippen LogP contribution in [0.4, 0.5) is 0 Å². The largest absolute Gasteiger partial charge is 0.294 e. The summed E-state index contributed by atoms with van der Waals surface area (Å²) in [7, 11) is 0. The van der Waals surface area contributed by atoms with Crippen molar-refractivity contribution in [2.45, 2.75) is 13.5 Å². The Labute approximate surface area is 131 Å². The van der Waals surface area contributed by atoms with Crippen molar-refractivity contribution < 1.29 is 0 Å². The second-order valence-corrected chi connectivity index (χ2v) is 6.48. The van der Waals surface area contributed by atoms with Gasteiger partial charge in [0.2, 0.25) is 0 Å². The summed E-state index contributed by atoms with van der Waals surface area (Å²) in [5.74, 6) is 0. The molecule has 0 aliphatic rings. The normalized spacial score (nSPS) is 11.3. The Morgan fingerprint density at radius 2 is 2.00 bits per heavy atom. The van der Waals surface area contributed by atoms with E-state index in [0.717, 1.165) is 25.9 Å². The van der Waals surface area contributed by atoms with Gasteiger partial charge in [-0.05, 0) is 18.6 Å². The molecule has 2 heterocycles. The minimum Gasteiger partial charge on any atom is -0.294 e. The molecule has 0 saturated heterocycles. The van der Waals surface area contributed by atoms with Gasteiger partial charge in [0.25, 0.3) is 5.56 Å². The van der Waals surface area contributed by atoms with E-state index in [9.17, 15) is 4.79 Å². The molecule has 0 spiro atoms. The third kappa shape index (κ3) is 2.12. The van der Waals surface area contributed by atoms with Gasteiger partial charge in [-0.3, -0.25) is 9.36 Å². The van der Waals surface area contributed by atoms with Crippen LogP contribution in [0.25, 0.3) is 20.3 Å². The summed E-state index contributed by atoms with van der Waals surface area (Å²) in [5, 5.41) is 1.73. The van der Waals surface area contributed by atoms with Crippen LogP contribution < -0.4 is 5.56 Å². The van der Waals surface area contributed by atoms with Crippen LogP contribution in [-0.2, 0) is 6.54 Å². The van der Waals surface area contributed by atoms with Crippen LogP contribution in [0, 0.1) is 6.92 Å². The molecule has 4 rings (SSSR count). The molecule has 4 heteroatoms. The number of aromatic nitrogens is 2. The van der Waals surface area contributed by atoms with Crippen molar-refractivity contribution in [3.8, 4) is 0 Å². The van der Waals surface area contributed by atoms with E-state index in [-0.39, 0.29) is 5.56 Å². The van der Waals surface area contributed by atoms with Gasteiger partial charge in [0, 0.05) is 10.1 Å². The van der Waals surface area contributed by atoms with Gasteiger partial charge in [-0.2, -0.15) is 0 Å². The van der Waals surface area contributed by atoms with E-state index in [1.807, 2.05) is 36.4 Å². The fourth-order valence-electron chi connectivity index (χ4n) is 2.77. The lowest BCUT2D eigenvalue weighted by atomic mass is 10.1. The highest BCUT2D eigenvalue weighted by Crippen LogP contribution is 2.29. The Morgan fingerprint density at radius 3 is 2.86 bits per heavy atom. The monoisotopic (exact) mass is 306 g/mol. The van der Waals surface area contributed by atoms with Gasteiger partial charge in [-0.1, -0.05) is 48.0 Å². The van der Waals surface area contributed by atoms with Gasteiger partial charge in [-0.25, -0.2) is 4.98 Å². The zero-order valence-electron chi connectivity index (χ0n) is 12.1. The zero-order chi connectivity index (χ0) is 15.1. The molecule has 0 saturated carbocycles. The van der Waals surface area contributed by atoms with E-state index in [0.29, 0.717) is 6.54 Å². The maximum Gasteiger partial charge on any atom is 0.263 e. The number of rotatable bonds is 2. The average Bonchev–Trinajstić information content (AvgIpc) is 2.89. The number of aryl methyl sites for hydroxylation is 1. The number of nitrogens with zero attached hydrogens (tertiary/aromatic N) is 2. The van der Waals surface area contributed by atoms with Crippen LogP contribution in [0.5, 0.6) is 0 Å². The van der Waals surface area contributed by atoms with E-state index < -0.39 is 0 Å². The predicted molar refractivity (Wildman–Crippen MR) is 91.7 cm³/mol. The second kappa shape index (κ2) is 5.07. The lowest BCUT2D eigenvalue weighted by molar-refractivity contribution is 0.749. The van der Waals surface area contributed by atoms with Crippen molar-refractivity contribution in [3.63, 3.8) is 0 Å². The summed E-state index contributed by atoms with van der Waals surface area (Å²) >= 11 is 1.57. The zero-order valence-corrected chi connectivity index (χ0v) is 12.9. The molecule has 108 valence electrons. The number of fused-ring (bicyclic) bond motifs is 3. The molecular weight excluding hydrogens is 292 g/mol. The molecule has 0 atom stereocenters. The first-order chi connectivity index (χ1) is 10.7. The lowest BCUT2D eigenvalue weighted by Crippen LogP contribution is -2.20. The quantitative estimate of drug-likeness (QED) is 0.562. The molecule has 22 heavy (non-hydrogen) atoms. The Hall–Kier alpha value is -2.46. The van der Waals surface area contributed by atoms with Gasteiger partial charge in [0.05, 0.1) is 18.3 Å². The minimum atomic E-state index is 0.0314. The summed E-state index contributed by atoms with van der Waals surface area (Å²) in [4.78, 5) is 18.1. The summed E-state index contributed by atoms with van der Waals surface area (Å²) in [6, 6.07) is 16.2. The molecular formula is C18H14N2OS. The van der Waals surface area contributed by atoms with Crippen LogP contribution >= 0.6 is 11.3 Å². The van der Waals surface area contributed by atoms with Crippen molar-refractivity contribution in [1.29, 1.82) is 0 Å². The van der Waals surface area contributed by atoms with Crippen molar-refractivity contribution in [2.75, 3.05) is 0 Å². The van der Waals surface area contributed by atoms with Crippen LogP contribution in [0.1, 0.15) is 11.1 Å². The van der Waals surface area contributed by atoms with Crippen molar-refractivity contribution in [2.24, 2.45) is 0 Å². The molecule has 2 aromatic carbocycles. The highest BCUT2D eigenvalue weighted by atomic mass is 32.1. The predicted octanol–water partition coefficient (Wildman–Crippen LogP) is 3.97. The van der Waals surface area contributed by atoms with Gasteiger partial charge < -0.3 is 0 Å². The molecule has 0 N–H and O–H groups in total. The second-order valence-electron chi connectivity index (χ2n) is 5.45. The number of thiophene rings is 1. The van der Waals surface area contributed by atoms with Crippen molar-refractivity contribution in [1.82, 2.24) is 9.55 Å². The van der Waals surface area contributed by atoms with Crippen LogP contribution in [0.2, 0.25) is 0 Å². The lowest BCUT2D eigenvalue weighted by Gasteiger charge is -2.06. The number of hydrogen-bond acceptors (Lipinski definition) is 3. The number of hydrogen-bond donors (Lipinski definition) is 0. The molecule has 0 aliphatic carbocycles. The number of benzene rings is 2. The molecule has 0 aliphatic heterocycles. The minimum absolute atomic E-state index is 0.0314.